The summed E-state index contributed by atoms with van der Waals surface area (Å²) in [5.74, 6) is -1.10. The van der Waals surface area contributed by atoms with E-state index in [1.165, 1.54) is 0 Å². The lowest BCUT2D eigenvalue weighted by molar-refractivity contribution is -0.141. The molecule has 0 aliphatic heterocycles. The largest absolute Gasteiger partial charge is 0.481 e. The van der Waals surface area contributed by atoms with Gasteiger partial charge >= 0.3 is 5.97 Å². The first kappa shape index (κ1) is 10.6. The Morgan fingerprint density at radius 2 is 2.44 bits per heavy atom. The monoisotopic (exact) mass is 219 g/mol. The number of nitrogens with zero attached hydrogens (tertiary/aromatic N) is 3. The van der Waals surface area contributed by atoms with Gasteiger partial charge in [0.05, 0.1) is 11.6 Å². The number of aromatic nitrogens is 3. The predicted molar refractivity (Wildman–Crippen MR) is 58.1 cm³/mol. The fourth-order valence-corrected chi connectivity index (χ4v) is 1.49. The minimum Gasteiger partial charge on any atom is -0.481 e. The number of hydrogen-bond donors (Lipinski definition) is 1. The average Bonchev–Trinajstić information content (AvgIpc) is 2.68. The maximum Gasteiger partial charge on any atom is 0.306 e. The standard InChI is InChI=1S/C11H13N3O2/c1-8(11(15)16)3-4-9-7-10-12-5-2-6-14(10)13-9/h2,5-8H,3-4H2,1H3,(H,15,16). The molecule has 1 unspecified atom stereocenters. The molecule has 0 aliphatic rings. The van der Waals surface area contributed by atoms with Crippen LogP contribution in [0.4, 0.5) is 0 Å². The Labute approximate surface area is 92.7 Å². The maximum atomic E-state index is 10.7. The molecule has 2 rings (SSSR count). The van der Waals surface area contributed by atoms with E-state index in [1.54, 1.807) is 17.6 Å². The molecule has 0 aromatic carbocycles. The summed E-state index contributed by atoms with van der Waals surface area (Å²) < 4.78 is 1.70. The molecule has 84 valence electrons. The Kier molecular flexibility index (Phi) is 2.85. The highest BCUT2D eigenvalue weighted by atomic mass is 16.4. The fourth-order valence-electron chi connectivity index (χ4n) is 1.49. The van der Waals surface area contributed by atoms with Crippen molar-refractivity contribution in [1.82, 2.24) is 14.6 Å². The topological polar surface area (TPSA) is 67.5 Å². The second kappa shape index (κ2) is 4.30. The molecule has 2 heterocycles. The normalized spacial score (nSPS) is 12.8. The second-order valence-electron chi connectivity index (χ2n) is 3.84. The van der Waals surface area contributed by atoms with Crippen LogP contribution in [0.2, 0.25) is 0 Å². The molecule has 0 aliphatic carbocycles. The molecular formula is C11H13N3O2. The van der Waals surface area contributed by atoms with Crippen LogP contribution in [0.15, 0.2) is 24.5 Å². The lowest BCUT2D eigenvalue weighted by Crippen LogP contribution is -2.10. The molecule has 0 fully saturated rings. The van der Waals surface area contributed by atoms with Gasteiger partial charge in [-0.2, -0.15) is 5.10 Å². The van der Waals surface area contributed by atoms with Crippen LogP contribution in [0.5, 0.6) is 0 Å². The Morgan fingerprint density at radius 3 is 3.12 bits per heavy atom. The van der Waals surface area contributed by atoms with E-state index in [2.05, 4.69) is 10.1 Å². The summed E-state index contributed by atoms with van der Waals surface area (Å²) in [6.45, 7) is 1.70. The van der Waals surface area contributed by atoms with Gasteiger partial charge in [0.1, 0.15) is 0 Å². The average molecular weight is 219 g/mol. The van der Waals surface area contributed by atoms with Gasteiger partial charge in [0.15, 0.2) is 5.65 Å². The number of carboxylic acids is 1. The van der Waals surface area contributed by atoms with Crippen molar-refractivity contribution in [2.45, 2.75) is 19.8 Å². The number of rotatable bonds is 4. The van der Waals surface area contributed by atoms with Gasteiger partial charge in [0, 0.05) is 18.5 Å². The fraction of sp³-hybridized carbons (Fsp3) is 0.364. The van der Waals surface area contributed by atoms with Crippen LogP contribution in [-0.4, -0.2) is 25.7 Å². The van der Waals surface area contributed by atoms with Crippen LogP contribution >= 0.6 is 0 Å². The third-order valence-corrected chi connectivity index (χ3v) is 2.54. The number of hydrogen-bond acceptors (Lipinski definition) is 3. The highest BCUT2D eigenvalue weighted by Gasteiger charge is 2.11. The molecule has 1 atom stereocenters. The third kappa shape index (κ3) is 2.18. The lowest BCUT2D eigenvalue weighted by Gasteiger charge is -2.02. The summed E-state index contributed by atoms with van der Waals surface area (Å²) in [4.78, 5) is 14.8. The first-order valence-electron chi connectivity index (χ1n) is 5.19. The van der Waals surface area contributed by atoms with Crippen LogP contribution in [0.3, 0.4) is 0 Å². The maximum absolute atomic E-state index is 10.7. The molecule has 16 heavy (non-hydrogen) atoms. The van der Waals surface area contributed by atoms with Crippen LogP contribution in [0.25, 0.3) is 5.65 Å². The smallest absolute Gasteiger partial charge is 0.306 e. The lowest BCUT2D eigenvalue weighted by atomic mass is 10.0. The number of fused-ring (bicyclic) bond motifs is 1. The van der Waals surface area contributed by atoms with E-state index in [0.29, 0.717) is 12.8 Å². The molecule has 0 amide bonds. The van der Waals surface area contributed by atoms with Gasteiger partial charge in [-0.25, -0.2) is 9.50 Å². The predicted octanol–water partition coefficient (Wildman–Crippen LogP) is 1.38. The minimum absolute atomic E-state index is 0.335. The van der Waals surface area contributed by atoms with E-state index in [1.807, 2.05) is 18.3 Å². The SMILES string of the molecule is CC(CCc1cc2ncccn2n1)C(=O)O. The summed E-state index contributed by atoms with van der Waals surface area (Å²) >= 11 is 0. The number of aryl methyl sites for hydroxylation is 1. The van der Waals surface area contributed by atoms with Gasteiger partial charge in [0.25, 0.3) is 0 Å². The van der Waals surface area contributed by atoms with E-state index < -0.39 is 5.97 Å². The molecule has 1 N–H and O–H groups in total. The Hall–Kier alpha value is -1.91. The van der Waals surface area contributed by atoms with Crippen molar-refractivity contribution in [3.8, 4) is 0 Å². The van der Waals surface area contributed by atoms with Crippen molar-refractivity contribution in [3.05, 3.63) is 30.2 Å². The molecular weight excluding hydrogens is 206 g/mol. The zero-order chi connectivity index (χ0) is 11.5. The van der Waals surface area contributed by atoms with Crippen molar-refractivity contribution >= 4 is 11.6 Å². The second-order valence-corrected chi connectivity index (χ2v) is 3.84. The molecule has 2 aromatic heterocycles. The van der Waals surface area contributed by atoms with Gasteiger partial charge in [-0.05, 0) is 18.9 Å². The van der Waals surface area contributed by atoms with Crippen molar-refractivity contribution in [1.29, 1.82) is 0 Å². The summed E-state index contributed by atoms with van der Waals surface area (Å²) in [6, 6.07) is 3.69. The van der Waals surface area contributed by atoms with Crippen molar-refractivity contribution in [3.63, 3.8) is 0 Å². The number of aliphatic carboxylic acids is 1. The van der Waals surface area contributed by atoms with E-state index in [0.717, 1.165) is 11.3 Å². The molecule has 0 saturated heterocycles. The van der Waals surface area contributed by atoms with Gasteiger partial charge in [-0.15, -0.1) is 0 Å². The summed E-state index contributed by atoms with van der Waals surface area (Å²) in [5.41, 5.74) is 1.67. The first-order valence-corrected chi connectivity index (χ1v) is 5.19. The van der Waals surface area contributed by atoms with Crippen LogP contribution in [-0.2, 0) is 11.2 Å². The highest BCUT2D eigenvalue weighted by molar-refractivity contribution is 5.69. The summed E-state index contributed by atoms with van der Waals surface area (Å²) in [7, 11) is 0. The molecule has 0 radical (unpaired) electrons. The van der Waals surface area contributed by atoms with Gasteiger partial charge in [0.2, 0.25) is 0 Å². The van der Waals surface area contributed by atoms with Crippen molar-refractivity contribution in [2.75, 3.05) is 0 Å². The van der Waals surface area contributed by atoms with Crippen LogP contribution < -0.4 is 0 Å². The quantitative estimate of drug-likeness (QED) is 0.843. The first-order chi connectivity index (χ1) is 7.66. The van der Waals surface area contributed by atoms with E-state index >= 15 is 0 Å². The van der Waals surface area contributed by atoms with Crippen LogP contribution in [0.1, 0.15) is 19.0 Å². The van der Waals surface area contributed by atoms with Crippen molar-refractivity contribution in [2.24, 2.45) is 5.92 Å². The summed E-state index contributed by atoms with van der Waals surface area (Å²) in [6.07, 6.45) is 4.79. The zero-order valence-electron chi connectivity index (χ0n) is 9.00. The van der Waals surface area contributed by atoms with E-state index in [9.17, 15) is 4.79 Å². The van der Waals surface area contributed by atoms with Gasteiger partial charge in [-0.1, -0.05) is 6.92 Å². The molecule has 5 nitrogen and oxygen atoms in total. The third-order valence-electron chi connectivity index (χ3n) is 2.54. The zero-order valence-corrected chi connectivity index (χ0v) is 9.00. The van der Waals surface area contributed by atoms with Crippen LogP contribution in [0, 0.1) is 5.92 Å². The number of carboxylic acid groups (broad SMARTS) is 1. The van der Waals surface area contributed by atoms with E-state index in [-0.39, 0.29) is 5.92 Å². The van der Waals surface area contributed by atoms with Gasteiger partial charge < -0.3 is 5.11 Å². The molecule has 5 heteroatoms. The van der Waals surface area contributed by atoms with Crippen molar-refractivity contribution < 1.29 is 9.90 Å². The molecule has 0 saturated carbocycles. The highest BCUT2D eigenvalue weighted by Crippen LogP contribution is 2.10. The Bertz CT molecular complexity index is 474. The number of carbonyl (C=O) groups is 1. The molecule has 0 bridgehead atoms. The van der Waals surface area contributed by atoms with Gasteiger partial charge in [-0.3, -0.25) is 4.79 Å². The Morgan fingerprint density at radius 1 is 1.62 bits per heavy atom. The van der Waals surface area contributed by atoms with E-state index in [4.69, 9.17) is 5.11 Å². The summed E-state index contributed by atoms with van der Waals surface area (Å²) in [5, 5.41) is 13.1. The minimum atomic E-state index is -0.762. The molecule has 0 spiro atoms. The Balaban J connectivity index is 2.07. The molecule has 2 aromatic rings.